The lowest BCUT2D eigenvalue weighted by Gasteiger charge is -2.34. The van der Waals surface area contributed by atoms with Crippen LogP contribution >= 0.6 is 0 Å². The summed E-state index contributed by atoms with van der Waals surface area (Å²) in [5.74, 6) is -2.84. The van der Waals surface area contributed by atoms with Gasteiger partial charge in [0.15, 0.2) is 23.6 Å². The first-order chi connectivity index (χ1) is 14.1. The highest BCUT2D eigenvalue weighted by Crippen LogP contribution is 2.35. The van der Waals surface area contributed by atoms with Crippen LogP contribution < -0.4 is 9.64 Å². The van der Waals surface area contributed by atoms with E-state index in [1.54, 1.807) is 12.1 Å². The van der Waals surface area contributed by atoms with E-state index in [9.17, 15) is 22.3 Å². The zero-order chi connectivity index (χ0) is 22.2. The van der Waals surface area contributed by atoms with Crippen molar-refractivity contribution in [2.75, 3.05) is 12.0 Å². The summed E-state index contributed by atoms with van der Waals surface area (Å²) in [6.07, 6.45) is -1.50. The van der Waals surface area contributed by atoms with E-state index in [1.165, 1.54) is 26.0 Å². The first kappa shape index (κ1) is 21.7. The van der Waals surface area contributed by atoms with Crippen molar-refractivity contribution >= 4 is 21.6 Å². The third kappa shape index (κ3) is 3.88. The highest BCUT2D eigenvalue weighted by molar-refractivity contribution is 7.86. The minimum absolute atomic E-state index is 0.0268. The van der Waals surface area contributed by atoms with E-state index in [4.69, 9.17) is 8.92 Å². The lowest BCUT2D eigenvalue weighted by molar-refractivity contribution is 0.208. The van der Waals surface area contributed by atoms with Gasteiger partial charge in [-0.3, -0.25) is 4.90 Å². The molecule has 0 radical (unpaired) electrons. The number of hydrogen-bond donors (Lipinski definition) is 1. The van der Waals surface area contributed by atoms with Gasteiger partial charge in [-0.05, 0) is 45.0 Å². The smallest absolute Gasteiger partial charge is 0.340 e. The van der Waals surface area contributed by atoms with Crippen molar-refractivity contribution in [2.24, 2.45) is 4.99 Å². The predicted octanol–water partition coefficient (Wildman–Crippen LogP) is 3.48. The van der Waals surface area contributed by atoms with Crippen LogP contribution in [-0.4, -0.2) is 32.7 Å². The Morgan fingerprint density at radius 3 is 2.30 bits per heavy atom. The number of nitrogens with zero attached hydrogens (tertiary/aromatic N) is 2. The van der Waals surface area contributed by atoms with Gasteiger partial charge in [-0.15, -0.1) is 0 Å². The quantitative estimate of drug-likeness (QED) is 0.720. The Bertz CT molecular complexity index is 1140. The second-order valence-electron chi connectivity index (χ2n) is 6.66. The van der Waals surface area contributed by atoms with Crippen molar-refractivity contribution in [3.63, 3.8) is 0 Å². The minimum Gasteiger partial charge on any atom is -0.491 e. The molecule has 1 heterocycles. The Balaban J connectivity index is 1.97. The minimum atomic E-state index is -4.20. The summed E-state index contributed by atoms with van der Waals surface area (Å²) >= 11 is 0. The Hall–Kier alpha value is -2.98. The van der Waals surface area contributed by atoms with Gasteiger partial charge in [0, 0.05) is 5.57 Å². The number of rotatable bonds is 5. The highest BCUT2D eigenvalue weighted by atomic mass is 32.2. The second-order valence-corrected chi connectivity index (χ2v) is 8.20. The number of benzene rings is 2. The molecule has 0 amide bonds. The lowest BCUT2D eigenvalue weighted by atomic mass is 10.1. The number of aliphatic hydroxyl groups excluding tert-OH is 1. The van der Waals surface area contributed by atoms with Crippen molar-refractivity contribution in [1.82, 2.24) is 0 Å². The highest BCUT2D eigenvalue weighted by Gasteiger charge is 2.33. The van der Waals surface area contributed by atoms with Crippen molar-refractivity contribution in [1.29, 1.82) is 0 Å². The number of ether oxygens (including phenoxy) is 1. The SMILES string of the molecule is COc1c(F)ccc(N2C(C)=NC(OS(=O)(=O)c3ccc(C)cc3)=C(C)C2O)c1F. The number of anilines is 1. The van der Waals surface area contributed by atoms with Crippen molar-refractivity contribution < 1.29 is 31.2 Å². The molecule has 2 aromatic rings. The number of amidine groups is 1. The molecule has 2 aromatic carbocycles. The topological polar surface area (TPSA) is 88.4 Å². The maximum absolute atomic E-state index is 14.7. The molecule has 0 spiro atoms. The van der Waals surface area contributed by atoms with Crippen LogP contribution in [0.15, 0.2) is 57.7 Å². The summed E-state index contributed by atoms with van der Waals surface area (Å²) in [6, 6.07) is 8.13. The van der Waals surface area contributed by atoms with Crippen LogP contribution in [0.5, 0.6) is 5.75 Å². The summed E-state index contributed by atoms with van der Waals surface area (Å²) in [5.41, 5.74) is 0.708. The number of aliphatic hydroxyl groups is 1. The number of aryl methyl sites for hydroxylation is 1. The van der Waals surface area contributed by atoms with E-state index in [-0.39, 0.29) is 27.9 Å². The van der Waals surface area contributed by atoms with E-state index in [1.807, 2.05) is 6.92 Å². The van der Waals surface area contributed by atoms with Crippen LogP contribution in [0.25, 0.3) is 0 Å². The first-order valence-electron chi connectivity index (χ1n) is 8.83. The van der Waals surface area contributed by atoms with Gasteiger partial charge in [-0.25, -0.2) is 8.78 Å². The van der Waals surface area contributed by atoms with Crippen LogP contribution in [0.3, 0.4) is 0 Å². The fourth-order valence-corrected chi connectivity index (χ4v) is 3.85. The monoisotopic (exact) mass is 438 g/mol. The maximum Gasteiger partial charge on any atom is 0.340 e. The number of methoxy groups -OCH3 is 1. The molecule has 0 bridgehead atoms. The lowest BCUT2D eigenvalue weighted by Crippen LogP contribution is -2.43. The number of halogens is 2. The second kappa shape index (κ2) is 8.04. The average molecular weight is 438 g/mol. The molecule has 0 fully saturated rings. The molecule has 0 aliphatic carbocycles. The maximum atomic E-state index is 14.7. The molecule has 1 aliphatic heterocycles. The molecular formula is C20H20F2N2O5S. The van der Waals surface area contributed by atoms with Crippen LogP contribution in [0, 0.1) is 18.6 Å². The molecule has 7 nitrogen and oxygen atoms in total. The van der Waals surface area contributed by atoms with Gasteiger partial charge in [0.2, 0.25) is 5.88 Å². The molecule has 160 valence electrons. The number of hydrogen-bond acceptors (Lipinski definition) is 7. The summed E-state index contributed by atoms with van der Waals surface area (Å²) < 4.78 is 63.4. The standard InChI is InChI=1S/C20H20F2N2O5S/c1-11-5-7-14(8-6-11)30(26,27)29-19-12(2)20(25)24(13(3)23-19)16-10-9-15(21)18(28-4)17(16)22/h5-10,20,25H,1-4H3. The van der Waals surface area contributed by atoms with E-state index in [2.05, 4.69) is 4.99 Å². The van der Waals surface area contributed by atoms with Crippen LogP contribution in [0.1, 0.15) is 19.4 Å². The molecule has 0 saturated carbocycles. The van der Waals surface area contributed by atoms with Crippen LogP contribution in [0.2, 0.25) is 0 Å². The summed E-state index contributed by atoms with van der Waals surface area (Å²) in [5, 5.41) is 10.7. The van der Waals surface area contributed by atoms with E-state index < -0.39 is 33.7 Å². The molecular weight excluding hydrogens is 418 g/mol. The third-order valence-corrected chi connectivity index (χ3v) is 5.80. The van der Waals surface area contributed by atoms with Gasteiger partial charge in [0.25, 0.3) is 0 Å². The summed E-state index contributed by atoms with van der Waals surface area (Å²) in [4.78, 5) is 5.08. The largest absolute Gasteiger partial charge is 0.491 e. The summed E-state index contributed by atoms with van der Waals surface area (Å²) in [6.45, 7) is 4.63. The Kier molecular flexibility index (Phi) is 5.82. The van der Waals surface area contributed by atoms with Crippen LogP contribution in [0.4, 0.5) is 14.5 Å². The molecule has 1 atom stereocenters. The Labute approximate surface area is 173 Å². The van der Waals surface area contributed by atoms with Crippen molar-refractivity contribution in [2.45, 2.75) is 31.9 Å². The Morgan fingerprint density at radius 1 is 1.07 bits per heavy atom. The first-order valence-corrected chi connectivity index (χ1v) is 10.2. The zero-order valence-electron chi connectivity index (χ0n) is 16.7. The predicted molar refractivity (Wildman–Crippen MR) is 107 cm³/mol. The molecule has 1 aliphatic rings. The fourth-order valence-electron chi connectivity index (χ4n) is 2.91. The molecule has 10 heteroatoms. The van der Waals surface area contributed by atoms with Gasteiger partial charge in [-0.1, -0.05) is 17.7 Å². The van der Waals surface area contributed by atoms with E-state index >= 15 is 0 Å². The zero-order valence-corrected chi connectivity index (χ0v) is 17.5. The van der Waals surface area contributed by atoms with E-state index in [0.29, 0.717) is 0 Å². The number of aliphatic imine (C=N–C) groups is 1. The molecule has 0 saturated heterocycles. The van der Waals surface area contributed by atoms with Gasteiger partial charge in [0.05, 0.1) is 12.8 Å². The fraction of sp³-hybridized carbons (Fsp3) is 0.250. The Morgan fingerprint density at radius 2 is 1.70 bits per heavy atom. The molecule has 1 N–H and O–H groups in total. The van der Waals surface area contributed by atoms with Crippen molar-refractivity contribution in [3.05, 3.63) is 65.1 Å². The molecule has 3 rings (SSSR count). The van der Waals surface area contributed by atoms with Crippen molar-refractivity contribution in [3.8, 4) is 5.75 Å². The van der Waals surface area contributed by atoms with Gasteiger partial charge < -0.3 is 14.0 Å². The molecule has 1 unspecified atom stereocenters. The normalized spacial score (nSPS) is 17.1. The molecule has 30 heavy (non-hydrogen) atoms. The van der Waals surface area contributed by atoms with Crippen LogP contribution in [-0.2, 0) is 14.3 Å². The third-order valence-electron chi connectivity index (χ3n) is 4.57. The van der Waals surface area contributed by atoms with Gasteiger partial charge in [0.1, 0.15) is 10.7 Å². The summed E-state index contributed by atoms with van der Waals surface area (Å²) in [7, 11) is -3.08. The van der Waals surface area contributed by atoms with Gasteiger partial charge >= 0.3 is 10.1 Å². The average Bonchev–Trinajstić information content (AvgIpc) is 2.68. The molecule has 0 aromatic heterocycles. The van der Waals surface area contributed by atoms with E-state index in [0.717, 1.165) is 29.7 Å². The van der Waals surface area contributed by atoms with Gasteiger partial charge in [-0.2, -0.15) is 13.4 Å².